The average molecular weight is 540 g/mol. The van der Waals surface area contributed by atoms with Crippen molar-refractivity contribution in [1.82, 2.24) is 16.0 Å². The van der Waals surface area contributed by atoms with Gasteiger partial charge in [-0.25, -0.2) is 9.38 Å². The number of carbonyl (C=O) groups is 1. The van der Waals surface area contributed by atoms with E-state index >= 15 is 0 Å². The molecule has 2 aromatic carbocycles. The summed E-state index contributed by atoms with van der Waals surface area (Å²) in [6.45, 7) is 4.90. The first-order chi connectivity index (χ1) is 14.6. The summed E-state index contributed by atoms with van der Waals surface area (Å²) in [6, 6.07) is 13.9. The Kier molecular flexibility index (Phi) is 10.7. The Balaban J connectivity index is 0.00000341. The summed E-state index contributed by atoms with van der Waals surface area (Å²) >= 11 is 0. The molecular formula is C23H30FIN4O2. The number of nitrogens with zero attached hydrogens (tertiary/aromatic N) is 1. The van der Waals surface area contributed by atoms with Crippen LogP contribution in [0.4, 0.5) is 4.39 Å². The van der Waals surface area contributed by atoms with Crippen LogP contribution in [0.5, 0.6) is 0 Å². The lowest BCUT2D eigenvalue weighted by atomic mass is 10.1. The number of amides is 1. The smallest absolute Gasteiger partial charge is 0.251 e. The van der Waals surface area contributed by atoms with Gasteiger partial charge in [0.15, 0.2) is 5.96 Å². The van der Waals surface area contributed by atoms with Crippen LogP contribution in [-0.2, 0) is 17.8 Å². The fourth-order valence-electron chi connectivity index (χ4n) is 3.27. The molecule has 0 aliphatic carbocycles. The van der Waals surface area contributed by atoms with Gasteiger partial charge in [0.25, 0.3) is 5.91 Å². The number of nitrogens with one attached hydrogen (secondary N) is 3. The molecule has 1 saturated heterocycles. The molecule has 1 aliphatic heterocycles. The molecule has 31 heavy (non-hydrogen) atoms. The molecule has 0 aromatic heterocycles. The monoisotopic (exact) mass is 540 g/mol. The fraction of sp³-hybridized carbons (Fsp3) is 0.391. The first kappa shape index (κ1) is 25.1. The van der Waals surface area contributed by atoms with Gasteiger partial charge in [0, 0.05) is 31.8 Å². The Bertz CT molecular complexity index is 872. The lowest BCUT2D eigenvalue weighted by Gasteiger charge is -2.13. The molecule has 3 N–H and O–H groups in total. The van der Waals surface area contributed by atoms with Gasteiger partial charge in [-0.2, -0.15) is 0 Å². The number of benzene rings is 2. The van der Waals surface area contributed by atoms with E-state index in [2.05, 4.69) is 20.9 Å². The molecule has 0 spiro atoms. The fourth-order valence-corrected chi connectivity index (χ4v) is 3.27. The molecule has 0 radical (unpaired) electrons. The van der Waals surface area contributed by atoms with Crippen LogP contribution >= 0.6 is 24.0 Å². The highest BCUT2D eigenvalue weighted by Gasteiger charge is 2.16. The average Bonchev–Trinajstić information content (AvgIpc) is 3.28. The third-order valence-electron chi connectivity index (χ3n) is 4.82. The van der Waals surface area contributed by atoms with Crippen LogP contribution in [0.3, 0.4) is 0 Å². The summed E-state index contributed by atoms with van der Waals surface area (Å²) in [5, 5.41) is 9.38. The highest BCUT2D eigenvalue weighted by Crippen LogP contribution is 2.11. The molecule has 1 unspecified atom stereocenters. The van der Waals surface area contributed by atoms with E-state index in [1.807, 2.05) is 31.2 Å². The first-order valence-electron chi connectivity index (χ1n) is 10.4. The molecule has 0 saturated carbocycles. The van der Waals surface area contributed by atoms with Gasteiger partial charge in [0.05, 0.1) is 12.6 Å². The van der Waals surface area contributed by atoms with E-state index in [-0.39, 0.29) is 41.8 Å². The van der Waals surface area contributed by atoms with Gasteiger partial charge in [0.2, 0.25) is 0 Å². The lowest BCUT2D eigenvalue weighted by Crippen LogP contribution is -2.37. The van der Waals surface area contributed by atoms with Crippen molar-refractivity contribution < 1.29 is 13.9 Å². The van der Waals surface area contributed by atoms with Gasteiger partial charge in [0.1, 0.15) is 5.82 Å². The van der Waals surface area contributed by atoms with E-state index in [1.54, 1.807) is 12.1 Å². The summed E-state index contributed by atoms with van der Waals surface area (Å²) in [6.07, 6.45) is 2.17. The van der Waals surface area contributed by atoms with E-state index in [1.165, 1.54) is 12.1 Å². The predicted octanol–water partition coefficient (Wildman–Crippen LogP) is 3.61. The first-order valence-corrected chi connectivity index (χ1v) is 10.4. The maximum atomic E-state index is 13.3. The molecule has 2 aromatic rings. The Morgan fingerprint density at radius 1 is 1.13 bits per heavy atom. The SMILES string of the molecule is CCNC(=NCc1cccc(F)c1)NCc1cccc(C(=O)NCC2CCCO2)c1.I. The van der Waals surface area contributed by atoms with Crippen LogP contribution < -0.4 is 16.0 Å². The van der Waals surface area contributed by atoms with Gasteiger partial charge in [-0.1, -0.05) is 24.3 Å². The number of hydrogen-bond acceptors (Lipinski definition) is 3. The zero-order chi connectivity index (χ0) is 21.2. The maximum absolute atomic E-state index is 13.3. The van der Waals surface area contributed by atoms with Crippen molar-refractivity contribution in [2.45, 2.75) is 39.0 Å². The Hall–Kier alpha value is -2.20. The van der Waals surface area contributed by atoms with Crippen molar-refractivity contribution >= 4 is 35.8 Å². The number of guanidine groups is 1. The summed E-state index contributed by atoms with van der Waals surface area (Å²) in [7, 11) is 0. The highest BCUT2D eigenvalue weighted by molar-refractivity contribution is 14.0. The number of carbonyl (C=O) groups excluding carboxylic acids is 1. The molecule has 1 fully saturated rings. The molecule has 1 aliphatic rings. The van der Waals surface area contributed by atoms with Gasteiger partial charge in [-0.05, 0) is 55.2 Å². The lowest BCUT2D eigenvalue weighted by molar-refractivity contribution is 0.0857. The summed E-state index contributed by atoms with van der Waals surface area (Å²) in [5.74, 6) is 0.268. The van der Waals surface area contributed by atoms with Gasteiger partial charge >= 0.3 is 0 Å². The number of aliphatic imine (C=N–C) groups is 1. The van der Waals surface area contributed by atoms with Gasteiger partial charge in [-0.3, -0.25) is 4.79 Å². The molecule has 1 atom stereocenters. The van der Waals surface area contributed by atoms with E-state index in [0.29, 0.717) is 37.7 Å². The van der Waals surface area contributed by atoms with Crippen LogP contribution in [0.15, 0.2) is 53.5 Å². The van der Waals surface area contributed by atoms with E-state index < -0.39 is 0 Å². The van der Waals surface area contributed by atoms with Crippen LogP contribution in [0.25, 0.3) is 0 Å². The van der Waals surface area contributed by atoms with Crippen molar-refractivity contribution in [3.63, 3.8) is 0 Å². The van der Waals surface area contributed by atoms with Crippen LogP contribution in [-0.4, -0.2) is 37.7 Å². The van der Waals surface area contributed by atoms with Crippen molar-refractivity contribution in [1.29, 1.82) is 0 Å². The van der Waals surface area contributed by atoms with Crippen LogP contribution in [0.2, 0.25) is 0 Å². The quantitative estimate of drug-likeness (QED) is 0.272. The van der Waals surface area contributed by atoms with Crippen molar-refractivity contribution in [3.05, 3.63) is 71.0 Å². The van der Waals surface area contributed by atoms with E-state index in [9.17, 15) is 9.18 Å². The van der Waals surface area contributed by atoms with Gasteiger partial charge < -0.3 is 20.7 Å². The van der Waals surface area contributed by atoms with Gasteiger partial charge in [-0.15, -0.1) is 24.0 Å². The number of rotatable bonds is 8. The molecule has 1 amide bonds. The third kappa shape index (κ3) is 8.45. The third-order valence-corrected chi connectivity index (χ3v) is 4.82. The molecule has 8 heteroatoms. The minimum Gasteiger partial charge on any atom is -0.376 e. The van der Waals surface area contributed by atoms with Crippen LogP contribution in [0, 0.1) is 5.82 Å². The largest absolute Gasteiger partial charge is 0.376 e. The highest BCUT2D eigenvalue weighted by atomic mass is 127. The Morgan fingerprint density at radius 2 is 1.94 bits per heavy atom. The zero-order valence-corrected chi connectivity index (χ0v) is 20.0. The molecule has 0 bridgehead atoms. The topological polar surface area (TPSA) is 74.8 Å². The van der Waals surface area contributed by atoms with Crippen molar-refractivity contribution in [2.75, 3.05) is 19.7 Å². The molecule has 6 nitrogen and oxygen atoms in total. The molecule has 168 valence electrons. The normalized spacial score (nSPS) is 15.8. The number of ether oxygens (including phenoxy) is 1. The number of halogens is 2. The Morgan fingerprint density at radius 3 is 2.68 bits per heavy atom. The molecule has 1 heterocycles. The van der Waals surface area contributed by atoms with Crippen molar-refractivity contribution in [2.24, 2.45) is 4.99 Å². The summed E-state index contributed by atoms with van der Waals surface area (Å²) in [4.78, 5) is 16.9. The molecular weight excluding hydrogens is 510 g/mol. The second-order valence-corrected chi connectivity index (χ2v) is 7.22. The molecule has 3 rings (SSSR count). The maximum Gasteiger partial charge on any atom is 0.251 e. The minimum absolute atomic E-state index is 0. The predicted molar refractivity (Wildman–Crippen MR) is 131 cm³/mol. The second-order valence-electron chi connectivity index (χ2n) is 7.22. The number of hydrogen-bond donors (Lipinski definition) is 3. The minimum atomic E-state index is -0.268. The van der Waals surface area contributed by atoms with Crippen LogP contribution in [0.1, 0.15) is 41.3 Å². The van der Waals surface area contributed by atoms with E-state index in [0.717, 1.165) is 30.6 Å². The summed E-state index contributed by atoms with van der Waals surface area (Å²) < 4.78 is 18.9. The van der Waals surface area contributed by atoms with E-state index in [4.69, 9.17) is 4.74 Å². The summed E-state index contributed by atoms with van der Waals surface area (Å²) in [5.41, 5.74) is 2.39. The Labute approximate surface area is 200 Å². The zero-order valence-electron chi connectivity index (χ0n) is 17.7. The standard InChI is InChI=1S/C23H29FN4O2.HI/c1-2-25-23(28-15-18-7-4-9-20(24)13-18)27-14-17-6-3-8-19(12-17)22(29)26-16-21-10-5-11-30-21;/h3-4,6-9,12-13,21H,2,5,10-11,14-16H2,1H3,(H,26,29)(H2,25,27,28);1H. The second kappa shape index (κ2) is 13.3. The van der Waals surface area contributed by atoms with Crippen molar-refractivity contribution in [3.8, 4) is 0 Å².